The highest BCUT2D eigenvalue weighted by Gasteiger charge is 2.35. The Hall–Kier alpha value is -2.78. The van der Waals surface area contributed by atoms with E-state index >= 15 is 0 Å². The average molecular weight is 478 g/mol. The number of carbonyl (C=O) groups is 3. The molecule has 2 aromatic carbocycles. The van der Waals surface area contributed by atoms with Gasteiger partial charge in [0.1, 0.15) is 18.2 Å². The fraction of sp³-hybridized carbons (Fsp3) is 0.286. The minimum atomic E-state index is -0.514. The second kappa shape index (κ2) is 8.53. The Balaban J connectivity index is 1.30. The number of carbonyl (C=O) groups excluding carboxylic acids is 3. The van der Waals surface area contributed by atoms with Crippen LogP contribution in [0.1, 0.15) is 44.7 Å². The summed E-state index contributed by atoms with van der Waals surface area (Å²) in [5.74, 6) is -1.27. The van der Waals surface area contributed by atoms with E-state index < -0.39 is 11.8 Å². The van der Waals surface area contributed by atoms with E-state index in [0.29, 0.717) is 32.5 Å². The van der Waals surface area contributed by atoms with E-state index in [4.69, 9.17) is 14.2 Å². The second-order valence-electron chi connectivity index (χ2n) is 6.88. The highest BCUT2D eigenvalue weighted by molar-refractivity contribution is 9.10. The molecule has 0 unspecified atom stereocenters. The average Bonchev–Trinajstić information content (AvgIpc) is 2.96. The molecule has 0 spiro atoms. The SMILES string of the molecule is O=C(CCCN1C(=O)c2ccc(Br)cc2C1=O)OCc1cc(F)cc2c1OCOC2. The molecule has 0 bridgehead atoms. The molecule has 2 aliphatic rings. The molecule has 2 heterocycles. The molecule has 0 atom stereocenters. The lowest BCUT2D eigenvalue weighted by atomic mass is 10.1. The van der Waals surface area contributed by atoms with Crippen LogP contribution >= 0.6 is 15.9 Å². The van der Waals surface area contributed by atoms with Gasteiger partial charge in [0.15, 0.2) is 6.79 Å². The largest absolute Gasteiger partial charge is 0.467 e. The lowest BCUT2D eigenvalue weighted by Gasteiger charge is -2.20. The zero-order valence-corrected chi connectivity index (χ0v) is 17.4. The minimum Gasteiger partial charge on any atom is -0.467 e. The van der Waals surface area contributed by atoms with Crippen LogP contribution in [-0.2, 0) is 27.5 Å². The topological polar surface area (TPSA) is 82.1 Å². The maximum atomic E-state index is 13.7. The van der Waals surface area contributed by atoms with E-state index in [2.05, 4.69) is 15.9 Å². The summed E-state index contributed by atoms with van der Waals surface area (Å²) >= 11 is 3.29. The summed E-state index contributed by atoms with van der Waals surface area (Å²) < 4.78 is 30.2. The van der Waals surface area contributed by atoms with E-state index in [0.717, 1.165) is 4.90 Å². The van der Waals surface area contributed by atoms with Gasteiger partial charge in [-0.05, 0) is 36.8 Å². The van der Waals surface area contributed by atoms with Crippen LogP contribution in [0, 0.1) is 5.82 Å². The quantitative estimate of drug-likeness (QED) is 0.467. The number of hydrogen-bond acceptors (Lipinski definition) is 6. The number of benzene rings is 2. The van der Waals surface area contributed by atoms with Crippen molar-refractivity contribution in [2.75, 3.05) is 13.3 Å². The summed E-state index contributed by atoms with van der Waals surface area (Å²) in [7, 11) is 0. The van der Waals surface area contributed by atoms with Crippen molar-refractivity contribution in [1.29, 1.82) is 0 Å². The van der Waals surface area contributed by atoms with Crippen molar-refractivity contribution in [3.05, 3.63) is 62.9 Å². The molecule has 2 aromatic rings. The van der Waals surface area contributed by atoms with Gasteiger partial charge in [-0.1, -0.05) is 15.9 Å². The van der Waals surface area contributed by atoms with Gasteiger partial charge in [-0.25, -0.2) is 4.39 Å². The lowest BCUT2D eigenvalue weighted by molar-refractivity contribution is -0.145. The van der Waals surface area contributed by atoms with E-state index in [-0.39, 0.29) is 51.2 Å². The third-order valence-electron chi connectivity index (χ3n) is 4.84. The van der Waals surface area contributed by atoms with E-state index in [1.54, 1.807) is 18.2 Å². The smallest absolute Gasteiger partial charge is 0.306 e. The van der Waals surface area contributed by atoms with Crippen molar-refractivity contribution in [2.45, 2.75) is 26.1 Å². The number of ether oxygens (including phenoxy) is 3. The van der Waals surface area contributed by atoms with Crippen molar-refractivity contribution in [3.63, 3.8) is 0 Å². The summed E-state index contributed by atoms with van der Waals surface area (Å²) in [5, 5.41) is 0. The van der Waals surface area contributed by atoms with Crippen LogP contribution < -0.4 is 4.74 Å². The Kier molecular flexibility index (Phi) is 5.83. The van der Waals surface area contributed by atoms with Gasteiger partial charge in [-0.15, -0.1) is 0 Å². The maximum absolute atomic E-state index is 13.7. The van der Waals surface area contributed by atoms with Crippen molar-refractivity contribution >= 4 is 33.7 Å². The Morgan fingerprint density at radius 1 is 1.17 bits per heavy atom. The van der Waals surface area contributed by atoms with Crippen LogP contribution in [0.15, 0.2) is 34.8 Å². The molecule has 0 fully saturated rings. The molecule has 156 valence electrons. The molecule has 0 saturated carbocycles. The number of hydrogen-bond donors (Lipinski definition) is 0. The molecular formula is C21H17BrFNO6. The fourth-order valence-electron chi connectivity index (χ4n) is 3.44. The van der Waals surface area contributed by atoms with Gasteiger partial charge in [0.05, 0.1) is 17.7 Å². The Bertz CT molecular complexity index is 1040. The molecular weight excluding hydrogens is 461 g/mol. The first-order chi connectivity index (χ1) is 14.4. The van der Waals surface area contributed by atoms with Gasteiger partial charge in [-0.3, -0.25) is 19.3 Å². The first-order valence-corrected chi connectivity index (χ1v) is 10.1. The number of esters is 1. The molecule has 4 rings (SSSR count). The van der Waals surface area contributed by atoms with Crippen LogP contribution in [0.25, 0.3) is 0 Å². The van der Waals surface area contributed by atoms with Gasteiger partial charge < -0.3 is 14.2 Å². The lowest BCUT2D eigenvalue weighted by Crippen LogP contribution is -2.31. The molecule has 0 aliphatic carbocycles. The van der Waals surface area contributed by atoms with Crippen LogP contribution in [-0.4, -0.2) is 36.0 Å². The summed E-state index contributed by atoms with van der Waals surface area (Å²) in [5.41, 5.74) is 1.68. The first-order valence-electron chi connectivity index (χ1n) is 9.27. The van der Waals surface area contributed by atoms with E-state index in [1.165, 1.54) is 12.1 Å². The van der Waals surface area contributed by atoms with Crippen LogP contribution in [0.2, 0.25) is 0 Å². The molecule has 0 radical (unpaired) electrons. The Morgan fingerprint density at radius 3 is 2.80 bits per heavy atom. The van der Waals surface area contributed by atoms with Gasteiger partial charge in [0.2, 0.25) is 0 Å². The number of nitrogens with zero attached hydrogens (tertiary/aromatic N) is 1. The maximum Gasteiger partial charge on any atom is 0.306 e. The first kappa shape index (κ1) is 20.5. The number of imide groups is 1. The predicted octanol–water partition coefficient (Wildman–Crippen LogP) is 3.57. The standard InChI is InChI=1S/C21H17BrFNO6/c22-14-3-4-16-17(8-14)21(27)24(20(16)26)5-1-2-18(25)29-10-13-7-15(23)6-12-9-28-11-30-19(12)13/h3-4,6-8H,1-2,5,9-11H2. The normalized spacial score (nSPS) is 14.9. The summed E-state index contributed by atoms with van der Waals surface area (Å²) in [6.45, 7) is 0.246. The second-order valence-corrected chi connectivity index (χ2v) is 7.80. The summed E-state index contributed by atoms with van der Waals surface area (Å²) in [6.07, 6.45) is 0.273. The molecule has 2 amide bonds. The van der Waals surface area contributed by atoms with Crippen molar-refractivity contribution < 1.29 is 33.0 Å². The van der Waals surface area contributed by atoms with Crippen molar-refractivity contribution in [1.82, 2.24) is 4.90 Å². The van der Waals surface area contributed by atoms with Gasteiger partial charge in [0.25, 0.3) is 11.8 Å². The van der Waals surface area contributed by atoms with Crippen LogP contribution in [0.5, 0.6) is 5.75 Å². The van der Waals surface area contributed by atoms with Crippen LogP contribution in [0.3, 0.4) is 0 Å². The highest BCUT2D eigenvalue weighted by atomic mass is 79.9. The molecule has 0 N–H and O–H groups in total. The third kappa shape index (κ3) is 4.08. The highest BCUT2D eigenvalue weighted by Crippen LogP contribution is 2.30. The van der Waals surface area contributed by atoms with Gasteiger partial charge >= 0.3 is 5.97 Å². The summed E-state index contributed by atoms with van der Waals surface area (Å²) in [6, 6.07) is 7.48. The Morgan fingerprint density at radius 2 is 1.97 bits per heavy atom. The van der Waals surface area contributed by atoms with E-state index in [1.807, 2.05) is 0 Å². The molecule has 0 saturated heterocycles. The Labute approximate surface area is 179 Å². The van der Waals surface area contributed by atoms with Crippen molar-refractivity contribution in [3.8, 4) is 5.75 Å². The molecule has 9 heteroatoms. The van der Waals surface area contributed by atoms with Gasteiger partial charge in [0, 0.05) is 28.6 Å². The van der Waals surface area contributed by atoms with E-state index in [9.17, 15) is 18.8 Å². The monoisotopic (exact) mass is 477 g/mol. The van der Waals surface area contributed by atoms with Gasteiger partial charge in [-0.2, -0.15) is 0 Å². The van der Waals surface area contributed by atoms with Crippen molar-refractivity contribution in [2.24, 2.45) is 0 Å². The fourth-order valence-corrected chi connectivity index (χ4v) is 3.80. The molecule has 2 aliphatic heterocycles. The molecule has 7 nitrogen and oxygen atoms in total. The third-order valence-corrected chi connectivity index (χ3v) is 5.33. The number of halogens is 2. The number of rotatable bonds is 6. The number of fused-ring (bicyclic) bond motifs is 2. The predicted molar refractivity (Wildman–Crippen MR) is 105 cm³/mol. The molecule has 0 aromatic heterocycles. The summed E-state index contributed by atoms with van der Waals surface area (Å²) in [4.78, 5) is 38.0. The molecule has 30 heavy (non-hydrogen) atoms. The van der Waals surface area contributed by atoms with Crippen LogP contribution in [0.4, 0.5) is 4.39 Å². The number of amides is 2. The minimum absolute atomic E-state index is 0.0125. The zero-order valence-electron chi connectivity index (χ0n) is 15.8. The zero-order chi connectivity index (χ0) is 21.3.